The topological polar surface area (TPSA) is 68.0 Å². The highest BCUT2D eigenvalue weighted by molar-refractivity contribution is 6.30. The van der Waals surface area contributed by atoms with Crippen LogP contribution in [0.2, 0.25) is 5.02 Å². The van der Waals surface area contributed by atoms with Crippen molar-refractivity contribution >= 4 is 17.6 Å². The molecule has 2 heterocycles. The number of carboxylic acids is 1. The highest BCUT2D eigenvalue weighted by Crippen LogP contribution is 2.07. The zero-order valence-electron chi connectivity index (χ0n) is 8.17. The number of hydrogen-bond donors (Lipinski definition) is 1. The Labute approximate surface area is 96.3 Å². The van der Waals surface area contributed by atoms with Crippen molar-refractivity contribution in [2.75, 3.05) is 0 Å². The third kappa shape index (κ3) is 2.38. The van der Waals surface area contributed by atoms with E-state index in [2.05, 4.69) is 10.1 Å². The van der Waals surface area contributed by atoms with Crippen LogP contribution in [0.1, 0.15) is 16.2 Å². The van der Waals surface area contributed by atoms with Crippen molar-refractivity contribution in [2.45, 2.75) is 6.54 Å². The van der Waals surface area contributed by atoms with Crippen LogP contribution >= 0.6 is 11.6 Å². The minimum atomic E-state index is -1.04. The molecule has 0 aromatic carbocycles. The monoisotopic (exact) mass is 237 g/mol. The molecular weight excluding hydrogens is 230 g/mol. The average Bonchev–Trinajstić information content (AvgIpc) is 2.64. The van der Waals surface area contributed by atoms with Crippen LogP contribution in [0, 0.1) is 0 Å². The van der Waals surface area contributed by atoms with Crippen molar-refractivity contribution in [3.63, 3.8) is 0 Å². The van der Waals surface area contributed by atoms with Crippen molar-refractivity contribution < 1.29 is 9.90 Å². The minimum absolute atomic E-state index is 0.0238. The lowest BCUT2D eigenvalue weighted by molar-refractivity contribution is 0.0690. The molecular formula is C10H8ClN3O2. The Kier molecular flexibility index (Phi) is 2.87. The number of nitrogens with zero attached hydrogens (tertiary/aromatic N) is 3. The van der Waals surface area contributed by atoms with E-state index in [1.54, 1.807) is 23.0 Å². The molecule has 0 radical (unpaired) electrons. The van der Waals surface area contributed by atoms with Gasteiger partial charge in [0.15, 0.2) is 0 Å². The molecule has 0 saturated heterocycles. The first-order valence-corrected chi connectivity index (χ1v) is 4.90. The second-order valence-corrected chi connectivity index (χ2v) is 3.61. The molecule has 0 spiro atoms. The van der Waals surface area contributed by atoms with Gasteiger partial charge in [-0.15, -0.1) is 0 Å². The van der Waals surface area contributed by atoms with E-state index >= 15 is 0 Å². The number of carbonyl (C=O) groups is 1. The van der Waals surface area contributed by atoms with Crippen molar-refractivity contribution in [3.8, 4) is 0 Å². The van der Waals surface area contributed by atoms with Crippen molar-refractivity contribution in [2.24, 2.45) is 0 Å². The molecule has 2 aromatic heterocycles. The molecule has 2 rings (SSSR count). The normalized spacial score (nSPS) is 10.3. The molecule has 0 aliphatic heterocycles. The van der Waals surface area contributed by atoms with E-state index in [4.69, 9.17) is 16.7 Å². The molecule has 0 saturated carbocycles. The first-order valence-electron chi connectivity index (χ1n) is 4.52. The Hall–Kier alpha value is -1.88. The summed E-state index contributed by atoms with van der Waals surface area (Å²) in [4.78, 5) is 14.7. The van der Waals surface area contributed by atoms with Crippen molar-refractivity contribution in [1.29, 1.82) is 0 Å². The SMILES string of the molecule is O=C(O)c1cccc(Cn2cc(Cl)cn2)n1. The van der Waals surface area contributed by atoms with Gasteiger partial charge in [-0.3, -0.25) is 4.68 Å². The largest absolute Gasteiger partial charge is 0.477 e. The van der Waals surface area contributed by atoms with Crippen LogP contribution in [0.4, 0.5) is 0 Å². The molecule has 0 amide bonds. The van der Waals surface area contributed by atoms with Crippen molar-refractivity contribution in [3.05, 3.63) is 47.0 Å². The summed E-state index contributed by atoms with van der Waals surface area (Å²) < 4.78 is 1.59. The summed E-state index contributed by atoms with van der Waals surface area (Å²) >= 11 is 5.71. The quantitative estimate of drug-likeness (QED) is 0.882. The summed E-state index contributed by atoms with van der Waals surface area (Å²) in [6.45, 7) is 0.397. The summed E-state index contributed by atoms with van der Waals surface area (Å²) in [5, 5.41) is 13.3. The summed E-state index contributed by atoms with van der Waals surface area (Å²) in [5.74, 6) is -1.04. The predicted molar refractivity (Wildman–Crippen MR) is 57.5 cm³/mol. The van der Waals surface area contributed by atoms with Gasteiger partial charge in [-0.25, -0.2) is 9.78 Å². The number of rotatable bonds is 3. The standard InChI is InChI=1S/C10H8ClN3O2/c11-7-4-12-14(5-7)6-8-2-1-3-9(13-8)10(15)16/h1-5H,6H2,(H,15,16). The fourth-order valence-corrected chi connectivity index (χ4v) is 1.43. The van der Waals surface area contributed by atoms with E-state index in [9.17, 15) is 4.79 Å². The maximum absolute atomic E-state index is 10.7. The Balaban J connectivity index is 2.21. The first-order chi connectivity index (χ1) is 7.65. The molecule has 0 fully saturated rings. The highest BCUT2D eigenvalue weighted by Gasteiger charge is 2.05. The van der Waals surface area contributed by atoms with E-state index in [1.807, 2.05) is 0 Å². The molecule has 6 heteroatoms. The zero-order valence-corrected chi connectivity index (χ0v) is 8.92. The van der Waals surface area contributed by atoms with Gasteiger partial charge in [-0.2, -0.15) is 5.10 Å². The van der Waals surface area contributed by atoms with Crippen LogP contribution in [-0.2, 0) is 6.54 Å². The summed E-state index contributed by atoms with van der Waals surface area (Å²) in [6, 6.07) is 4.83. The third-order valence-electron chi connectivity index (χ3n) is 1.95. The molecule has 0 bridgehead atoms. The highest BCUT2D eigenvalue weighted by atomic mass is 35.5. The van der Waals surface area contributed by atoms with Gasteiger partial charge in [0, 0.05) is 6.20 Å². The van der Waals surface area contributed by atoms with Gasteiger partial charge in [0.1, 0.15) is 5.69 Å². The van der Waals surface area contributed by atoms with Crippen LogP contribution < -0.4 is 0 Å². The summed E-state index contributed by atoms with van der Waals surface area (Å²) in [5.41, 5.74) is 0.649. The Bertz CT molecular complexity index is 524. The minimum Gasteiger partial charge on any atom is -0.477 e. The van der Waals surface area contributed by atoms with Gasteiger partial charge in [0.05, 0.1) is 23.5 Å². The van der Waals surface area contributed by atoms with E-state index < -0.39 is 5.97 Å². The molecule has 5 nitrogen and oxygen atoms in total. The lowest BCUT2D eigenvalue weighted by Gasteiger charge is -2.01. The van der Waals surface area contributed by atoms with Gasteiger partial charge in [-0.1, -0.05) is 17.7 Å². The maximum atomic E-state index is 10.7. The Morgan fingerprint density at radius 1 is 1.50 bits per heavy atom. The van der Waals surface area contributed by atoms with Crippen LogP contribution in [0.25, 0.3) is 0 Å². The lowest BCUT2D eigenvalue weighted by atomic mass is 10.3. The third-order valence-corrected chi connectivity index (χ3v) is 2.15. The Morgan fingerprint density at radius 3 is 2.94 bits per heavy atom. The van der Waals surface area contributed by atoms with E-state index in [0.717, 1.165) is 0 Å². The van der Waals surface area contributed by atoms with Crippen LogP contribution in [0.15, 0.2) is 30.6 Å². The van der Waals surface area contributed by atoms with Crippen molar-refractivity contribution in [1.82, 2.24) is 14.8 Å². The maximum Gasteiger partial charge on any atom is 0.354 e. The van der Waals surface area contributed by atoms with Crippen LogP contribution in [0.3, 0.4) is 0 Å². The van der Waals surface area contributed by atoms with E-state index in [-0.39, 0.29) is 5.69 Å². The molecule has 2 aromatic rings. The number of pyridine rings is 1. The second-order valence-electron chi connectivity index (χ2n) is 3.18. The lowest BCUT2D eigenvalue weighted by Crippen LogP contribution is -2.06. The van der Waals surface area contributed by atoms with Gasteiger partial charge in [0.2, 0.25) is 0 Å². The summed E-state index contributed by atoms with van der Waals surface area (Å²) in [7, 11) is 0. The molecule has 0 unspecified atom stereocenters. The molecule has 1 N–H and O–H groups in total. The average molecular weight is 238 g/mol. The van der Waals surface area contributed by atoms with E-state index in [1.165, 1.54) is 12.3 Å². The number of halogens is 1. The zero-order chi connectivity index (χ0) is 11.5. The number of carboxylic acid groups (broad SMARTS) is 1. The van der Waals surface area contributed by atoms with Crippen LogP contribution in [-0.4, -0.2) is 25.8 Å². The molecule has 0 aliphatic rings. The van der Waals surface area contributed by atoms with Gasteiger partial charge >= 0.3 is 5.97 Å². The first kappa shape index (κ1) is 10.6. The van der Waals surface area contributed by atoms with Gasteiger partial charge in [0.25, 0.3) is 0 Å². The number of hydrogen-bond acceptors (Lipinski definition) is 3. The molecule has 82 valence electrons. The van der Waals surface area contributed by atoms with E-state index in [0.29, 0.717) is 17.3 Å². The Morgan fingerprint density at radius 2 is 2.31 bits per heavy atom. The molecule has 0 aliphatic carbocycles. The molecule has 0 atom stereocenters. The smallest absolute Gasteiger partial charge is 0.354 e. The van der Waals surface area contributed by atoms with Gasteiger partial charge < -0.3 is 5.11 Å². The summed E-state index contributed by atoms with van der Waals surface area (Å²) in [6.07, 6.45) is 3.17. The number of aromatic nitrogens is 3. The second kappa shape index (κ2) is 4.32. The fraction of sp³-hybridized carbons (Fsp3) is 0.100. The van der Waals surface area contributed by atoms with Crippen LogP contribution in [0.5, 0.6) is 0 Å². The predicted octanol–water partition coefficient (Wildman–Crippen LogP) is 1.68. The van der Waals surface area contributed by atoms with Gasteiger partial charge in [-0.05, 0) is 12.1 Å². The number of aromatic carboxylic acids is 1. The molecule has 16 heavy (non-hydrogen) atoms. The fourth-order valence-electron chi connectivity index (χ4n) is 1.28.